The fraction of sp³-hybridized carbons (Fsp3) is 0.130. The summed E-state index contributed by atoms with van der Waals surface area (Å²) in [4.78, 5) is 8.59. The first-order valence-electron chi connectivity index (χ1n) is 20.6. The van der Waals surface area contributed by atoms with Crippen LogP contribution in [0.15, 0.2) is 164 Å². The van der Waals surface area contributed by atoms with Crippen LogP contribution in [0.2, 0.25) is 0 Å². The Balaban J connectivity index is 1.15. The first kappa shape index (κ1) is 38.0. The van der Waals surface area contributed by atoms with Crippen molar-refractivity contribution in [2.45, 2.75) is 40.0 Å². The van der Waals surface area contributed by atoms with Crippen molar-refractivity contribution in [2.24, 2.45) is 0 Å². The van der Waals surface area contributed by atoms with Crippen molar-refractivity contribution in [1.82, 2.24) is 9.55 Å². The third kappa shape index (κ3) is 6.76. The highest BCUT2D eigenvalue weighted by Crippen LogP contribution is 2.49. The van der Waals surface area contributed by atoms with Crippen LogP contribution in [0.25, 0.3) is 49.9 Å². The number of para-hydroxylation sites is 2. The maximum Gasteiger partial charge on any atom is 0.149 e. The Labute approximate surface area is 354 Å². The van der Waals surface area contributed by atoms with Gasteiger partial charge in [-0.15, -0.1) is 0 Å². The van der Waals surface area contributed by atoms with Crippen LogP contribution in [0.5, 0.6) is 11.5 Å². The summed E-state index contributed by atoms with van der Waals surface area (Å²) in [6.45, 7) is 10.9. The van der Waals surface area contributed by atoms with Crippen molar-refractivity contribution >= 4 is 44.6 Å². The summed E-state index contributed by atoms with van der Waals surface area (Å²) in [5, 5.41) is 2.22. The first-order valence-corrected chi connectivity index (χ1v) is 20.6. The molecular weight excluding hydrogens is 759 g/mol. The van der Waals surface area contributed by atoms with E-state index in [-0.39, 0.29) is 17.8 Å². The fourth-order valence-electron chi connectivity index (χ4n) is 8.93. The van der Waals surface area contributed by atoms with Crippen molar-refractivity contribution in [1.29, 1.82) is 0 Å². The van der Waals surface area contributed by atoms with Gasteiger partial charge in [-0.2, -0.15) is 0 Å². The third-order valence-corrected chi connectivity index (χ3v) is 11.8. The molecule has 7 aromatic carbocycles. The van der Waals surface area contributed by atoms with Gasteiger partial charge in [0.25, 0.3) is 0 Å². The van der Waals surface area contributed by atoms with E-state index < -0.39 is 11.6 Å². The maximum atomic E-state index is 15.7. The van der Waals surface area contributed by atoms with Gasteiger partial charge in [0.15, 0.2) is 0 Å². The highest BCUT2D eigenvalue weighted by Gasteiger charge is 2.33. The van der Waals surface area contributed by atoms with E-state index >= 15 is 8.78 Å². The summed E-state index contributed by atoms with van der Waals surface area (Å²) in [5.74, 6) is 0.875. The predicted octanol–water partition coefficient (Wildman–Crippen LogP) is 14.7. The average molecular weight is 803 g/mol. The molecule has 1 aliphatic heterocycles. The van der Waals surface area contributed by atoms with Gasteiger partial charge in [-0.3, -0.25) is 4.57 Å². The van der Waals surface area contributed by atoms with Gasteiger partial charge in [0.05, 0.1) is 22.4 Å². The minimum atomic E-state index is -0.616. The minimum absolute atomic E-state index is 0.0790. The first-order chi connectivity index (χ1) is 29.5. The van der Waals surface area contributed by atoms with Gasteiger partial charge in [-0.25, -0.2) is 13.8 Å². The highest BCUT2D eigenvalue weighted by molar-refractivity contribution is 6.09. The molecular formula is C54H44F2N4O. The number of anilines is 4. The molecule has 0 N–H and O–H groups in total. The van der Waals surface area contributed by atoms with Crippen LogP contribution < -0.4 is 14.5 Å². The van der Waals surface area contributed by atoms with E-state index in [1.165, 1.54) is 18.2 Å². The van der Waals surface area contributed by atoms with E-state index in [0.29, 0.717) is 11.5 Å². The summed E-state index contributed by atoms with van der Waals surface area (Å²) in [7, 11) is 0. The Morgan fingerprint density at radius 2 is 1.28 bits per heavy atom. The van der Waals surface area contributed by atoms with Crippen molar-refractivity contribution in [3.05, 3.63) is 192 Å². The number of hydrogen-bond donors (Lipinski definition) is 0. The van der Waals surface area contributed by atoms with E-state index in [4.69, 9.17) is 9.72 Å². The lowest BCUT2D eigenvalue weighted by Crippen LogP contribution is -2.25. The normalized spacial score (nSPS) is 12.7. The van der Waals surface area contributed by atoms with Gasteiger partial charge >= 0.3 is 0 Å². The molecule has 7 heteroatoms. The molecule has 0 radical (unpaired) electrons. The van der Waals surface area contributed by atoms with Crippen molar-refractivity contribution in [2.75, 3.05) is 16.5 Å². The summed E-state index contributed by atoms with van der Waals surface area (Å²) in [6.07, 6.45) is 1.81. The number of halogens is 2. The summed E-state index contributed by atoms with van der Waals surface area (Å²) in [5.41, 5.74) is 11.8. The molecule has 9 aromatic rings. The van der Waals surface area contributed by atoms with E-state index in [1.807, 2.05) is 48.7 Å². The number of benzene rings is 7. The third-order valence-electron chi connectivity index (χ3n) is 11.8. The van der Waals surface area contributed by atoms with Crippen LogP contribution >= 0.6 is 0 Å². The quantitative estimate of drug-likeness (QED) is 0.161. The molecule has 3 heterocycles. The second-order valence-electron chi connectivity index (χ2n) is 16.9. The molecule has 0 saturated carbocycles. The lowest BCUT2D eigenvalue weighted by atomic mass is 9.86. The molecule has 300 valence electrons. The number of aromatic nitrogens is 2. The number of pyridine rings is 1. The topological polar surface area (TPSA) is 33.5 Å². The second kappa shape index (κ2) is 14.8. The van der Waals surface area contributed by atoms with Gasteiger partial charge in [-0.05, 0) is 125 Å². The molecule has 5 nitrogen and oxygen atoms in total. The van der Waals surface area contributed by atoms with Crippen LogP contribution in [0.3, 0.4) is 0 Å². The van der Waals surface area contributed by atoms with Crippen LogP contribution in [-0.2, 0) is 5.41 Å². The van der Waals surface area contributed by atoms with Crippen LogP contribution in [0.4, 0.5) is 31.5 Å². The largest absolute Gasteiger partial charge is 0.457 e. The molecule has 61 heavy (non-hydrogen) atoms. The van der Waals surface area contributed by atoms with Crippen LogP contribution in [-0.4, -0.2) is 16.2 Å². The number of aryl methyl sites for hydroxylation is 2. The number of ether oxygens (including phenoxy) is 1. The molecule has 10 rings (SSSR count). The van der Waals surface area contributed by atoms with Gasteiger partial charge in [0, 0.05) is 34.8 Å². The number of hydrogen-bond acceptors (Lipinski definition) is 4. The maximum absolute atomic E-state index is 15.7. The highest BCUT2D eigenvalue weighted by atomic mass is 19.1. The smallest absolute Gasteiger partial charge is 0.149 e. The van der Waals surface area contributed by atoms with Gasteiger partial charge in [0.1, 0.15) is 41.3 Å². The van der Waals surface area contributed by atoms with Gasteiger partial charge < -0.3 is 14.5 Å². The Morgan fingerprint density at radius 1 is 0.557 bits per heavy atom. The molecule has 0 spiro atoms. The fourth-order valence-corrected chi connectivity index (χ4v) is 8.93. The summed E-state index contributed by atoms with van der Waals surface area (Å²) in [6, 6.07) is 51.9. The summed E-state index contributed by atoms with van der Waals surface area (Å²) >= 11 is 0. The van der Waals surface area contributed by atoms with E-state index in [9.17, 15) is 0 Å². The number of nitrogens with zero attached hydrogens (tertiary/aromatic N) is 4. The number of rotatable bonds is 7. The monoisotopic (exact) mass is 802 g/mol. The Bertz CT molecular complexity index is 3090. The van der Waals surface area contributed by atoms with E-state index in [0.717, 1.165) is 83.6 Å². The zero-order valence-corrected chi connectivity index (χ0v) is 34.7. The SMILES string of the molecule is Cc1cc(-c2ccccc2)cc(C)c1-c1cc(Oc2ccc3c4ccccc4n(-c4ccccn4)c3c2)cc(N2CN(c3c(F)cccc3F)c3cc(C(C)(C)C)ccc32)c1. The second-order valence-corrected chi connectivity index (χ2v) is 16.9. The summed E-state index contributed by atoms with van der Waals surface area (Å²) < 4.78 is 40.5. The van der Waals surface area contributed by atoms with E-state index in [1.54, 1.807) is 4.90 Å². The molecule has 0 unspecified atom stereocenters. The molecule has 0 atom stereocenters. The zero-order valence-electron chi connectivity index (χ0n) is 34.7. The lowest BCUT2D eigenvalue weighted by Gasteiger charge is -2.24. The molecule has 2 aromatic heterocycles. The standard InChI is InChI=1S/C54H44F2N4O/c1-34-26-37(36-14-7-6-8-15-36)27-35(2)52(34)38-28-40(58-33-59(53-45(55)17-13-18-46(53)56)50-30-39(54(3,4)5)21-24-48(50)58)31-42(29-38)61-41-22-23-44-43-16-9-10-19-47(43)60(49(44)32-41)51-20-11-12-25-57-51/h6-32H,33H2,1-5H3. The minimum Gasteiger partial charge on any atom is -0.457 e. The van der Waals surface area contributed by atoms with Crippen LogP contribution in [0, 0.1) is 25.5 Å². The van der Waals surface area contributed by atoms with Crippen molar-refractivity contribution in [3.63, 3.8) is 0 Å². The average Bonchev–Trinajstić information content (AvgIpc) is 3.79. The zero-order chi connectivity index (χ0) is 42.0. The molecule has 0 fully saturated rings. The van der Waals surface area contributed by atoms with E-state index in [2.05, 4.69) is 141 Å². The Morgan fingerprint density at radius 3 is 2.02 bits per heavy atom. The van der Waals surface area contributed by atoms with Crippen molar-refractivity contribution < 1.29 is 13.5 Å². The lowest BCUT2D eigenvalue weighted by molar-refractivity contribution is 0.483. The Hall–Kier alpha value is -7.25. The molecule has 0 amide bonds. The van der Waals surface area contributed by atoms with Crippen LogP contribution in [0.1, 0.15) is 37.5 Å². The van der Waals surface area contributed by atoms with Gasteiger partial charge in [-0.1, -0.05) is 99.6 Å². The molecule has 0 bridgehead atoms. The predicted molar refractivity (Wildman–Crippen MR) is 246 cm³/mol. The number of fused-ring (bicyclic) bond motifs is 4. The van der Waals surface area contributed by atoms with Gasteiger partial charge in [0.2, 0.25) is 0 Å². The Kier molecular flexibility index (Phi) is 9.21. The van der Waals surface area contributed by atoms with Crippen molar-refractivity contribution in [3.8, 4) is 39.6 Å². The molecule has 1 aliphatic rings. The molecule has 0 aliphatic carbocycles. The molecule has 0 saturated heterocycles.